The van der Waals surface area contributed by atoms with Crippen LogP contribution in [0.4, 0.5) is 0 Å². The van der Waals surface area contributed by atoms with Crippen LogP contribution in [0.2, 0.25) is 0 Å². The average molecular weight is 221 g/mol. The van der Waals surface area contributed by atoms with Crippen LogP contribution in [0.15, 0.2) is 18.5 Å². The highest BCUT2D eigenvalue weighted by atomic mass is 15.3. The summed E-state index contributed by atoms with van der Waals surface area (Å²) in [5.41, 5.74) is 0. The van der Waals surface area contributed by atoms with Gasteiger partial charge in [-0.1, -0.05) is 12.8 Å². The maximum atomic E-state index is 4.29. The molecule has 1 aliphatic rings. The van der Waals surface area contributed by atoms with Crippen molar-refractivity contribution in [3.05, 3.63) is 18.5 Å². The molecule has 2 atom stereocenters. The molecule has 1 N–H and O–H groups in total. The lowest BCUT2D eigenvalue weighted by Gasteiger charge is -2.23. The van der Waals surface area contributed by atoms with Crippen molar-refractivity contribution < 1.29 is 0 Å². The van der Waals surface area contributed by atoms with Crippen LogP contribution in [0, 0.1) is 5.92 Å². The highest BCUT2D eigenvalue weighted by Crippen LogP contribution is 2.24. The summed E-state index contributed by atoms with van der Waals surface area (Å²) in [4.78, 5) is 0. The van der Waals surface area contributed by atoms with E-state index in [2.05, 4.69) is 24.3 Å². The van der Waals surface area contributed by atoms with Gasteiger partial charge in [0, 0.05) is 18.4 Å². The third-order valence-corrected chi connectivity index (χ3v) is 3.87. The van der Waals surface area contributed by atoms with Gasteiger partial charge in [0.05, 0.1) is 6.04 Å². The van der Waals surface area contributed by atoms with Crippen LogP contribution >= 0.6 is 0 Å². The van der Waals surface area contributed by atoms with E-state index in [-0.39, 0.29) is 0 Å². The van der Waals surface area contributed by atoms with Gasteiger partial charge >= 0.3 is 0 Å². The van der Waals surface area contributed by atoms with Crippen LogP contribution in [-0.4, -0.2) is 22.4 Å². The molecule has 1 fully saturated rings. The quantitative estimate of drug-likeness (QED) is 0.828. The minimum absolute atomic E-state index is 0.427. The van der Waals surface area contributed by atoms with E-state index < -0.39 is 0 Å². The van der Waals surface area contributed by atoms with Gasteiger partial charge in [0.2, 0.25) is 0 Å². The molecule has 0 amide bonds. The van der Waals surface area contributed by atoms with Gasteiger partial charge in [-0.2, -0.15) is 5.10 Å². The lowest BCUT2D eigenvalue weighted by Crippen LogP contribution is -2.36. The summed E-state index contributed by atoms with van der Waals surface area (Å²) < 4.78 is 2.03. The molecule has 3 nitrogen and oxygen atoms in total. The second-order valence-corrected chi connectivity index (χ2v) is 5.07. The van der Waals surface area contributed by atoms with Gasteiger partial charge in [-0.25, -0.2) is 0 Å². The standard InChI is InChI=1S/C13H23N3/c1-11(12(2)16-9-5-8-15-16)14-10-13-6-3-4-7-13/h5,8-9,11-14H,3-4,6-7,10H2,1-2H3/t11-,12-/m0/s1. The summed E-state index contributed by atoms with van der Waals surface area (Å²) in [5, 5.41) is 7.95. The van der Waals surface area contributed by atoms with Crippen molar-refractivity contribution in [2.75, 3.05) is 6.54 Å². The van der Waals surface area contributed by atoms with Crippen LogP contribution in [-0.2, 0) is 0 Å². The summed E-state index contributed by atoms with van der Waals surface area (Å²) >= 11 is 0. The second kappa shape index (κ2) is 5.48. The summed E-state index contributed by atoms with van der Waals surface area (Å²) in [5.74, 6) is 0.910. The third-order valence-electron chi connectivity index (χ3n) is 3.87. The van der Waals surface area contributed by atoms with Gasteiger partial charge < -0.3 is 5.32 Å². The number of nitrogens with zero attached hydrogens (tertiary/aromatic N) is 2. The van der Waals surface area contributed by atoms with Gasteiger partial charge in [0.15, 0.2) is 0 Å². The molecule has 90 valence electrons. The lowest BCUT2D eigenvalue weighted by atomic mass is 10.1. The molecule has 1 aromatic rings. The van der Waals surface area contributed by atoms with E-state index in [0.717, 1.165) is 5.92 Å². The number of hydrogen-bond donors (Lipinski definition) is 1. The van der Waals surface area contributed by atoms with E-state index in [1.807, 2.05) is 23.1 Å². The highest BCUT2D eigenvalue weighted by molar-refractivity contribution is 4.84. The zero-order valence-corrected chi connectivity index (χ0v) is 10.4. The normalized spacial score (nSPS) is 21.1. The molecule has 0 bridgehead atoms. The van der Waals surface area contributed by atoms with Crippen molar-refractivity contribution in [2.45, 2.75) is 51.6 Å². The van der Waals surface area contributed by atoms with Gasteiger partial charge in [0.1, 0.15) is 0 Å². The predicted molar refractivity (Wildman–Crippen MR) is 66.4 cm³/mol. The summed E-state index contributed by atoms with van der Waals surface area (Å²) in [6, 6.07) is 2.90. The molecule has 2 rings (SSSR count). The topological polar surface area (TPSA) is 29.9 Å². The SMILES string of the molecule is C[C@H](NCC1CCCC1)[C@H](C)n1cccn1. The van der Waals surface area contributed by atoms with Crippen molar-refractivity contribution in [2.24, 2.45) is 5.92 Å². The molecule has 1 heterocycles. The Hall–Kier alpha value is -0.830. The first-order valence-electron chi connectivity index (χ1n) is 6.50. The molecule has 3 heteroatoms. The molecule has 0 unspecified atom stereocenters. The molecule has 16 heavy (non-hydrogen) atoms. The Morgan fingerprint density at radius 3 is 2.75 bits per heavy atom. The summed E-state index contributed by atoms with van der Waals surface area (Å²) in [7, 11) is 0. The Labute approximate surface area is 98.2 Å². The molecule has 0 radical (unpaired) electrons. The smallest absolute Gasteiger partial charge is 0.0641 e. The number of rotatable bonds is 5. The molecule has 1 saturated carbocycles. The molecule has 1 aromatic heterocycles. The molecular formula is C13H23N3. The van der Waals surface area contributed by atoms with E-state index in [1.165, 1.54) is 32.2 Å². The fraction of sp³-hybridized carbons (Fsp3) is 0.769. The van der Waals surface area contributed by atoms with Crippen LogP contribution in [0.1, 0.15) is 45.6 Å². The Morgan fingerprint density at radius 2 is 2.12 bits per heavy atom. The first-order chi connectivity index (χ1) is 7.77. The Bertz CT molecular complexity index is 288. The van der Waals surface area contributed by atoms with Crippen LogP contribution in [0.5, 0.6) is 0 Å². The molecule has 1 aliphatic carbocycles. The van der Waals surface area contributed by atoms with E-state index in [9.17, 15) is 0 Å². The van der Waals surface area contributed by atoms with Gasteiger partial charge in [-0.15, -0.1) is 0 Å². The van der Waals surface area contributed by atoms with Gasteiger partial charge in [0.25, 0.3) is 0 Å². The molecule has 0 saturated heterocycles. The van der Waals surface area contributed by atoms with Gasteiger partial charge in [-0.3, -0.25) is 4.68 Å². The fourth-order valence-electron chi connectivity index (χ4n) is 2.49. The first kappa shape index (κ1) is 11.6. The van der Waals surface area contributed by atoms with Crippen molar-refractivity contribution in [3.63, 3.8) is 0 Å². The zero-order valence-electron chi connectivity index (χ0n) is 10.4. The van der Waals surface area contributed by atoms with Crippen LogP contribution in [0.3, 0.4) is 0 Å². The summed E-state index contributed by atoms with van der Waals surface area (Å²) in [6.45, 7) is 5.65. The van der Waals surface area contributed by atoms with E-state index in [4.69, 9.17) is 0 Å². The Kier molecular flexibility index (Phi) is 3.99. The van der Waals surface area contributed by atoms with Crippen molar-refractivity contribution in [1.29, 1.82) is 0 Å². The molecule has 0 aliphatic heterocycles. The van der Waals surface area contributed by atoms with Crippen LogP contribution < -0.4 is 5.32 Å². The highest BCUT2D eigenvalue weighted by Gasteiger charge is 2.18. The average Bonchev–Trinajstić information content (AvgIpc) is 2.96. The van der Waals surface area contributed by atoms with Crippen molar-refractivity contribution in [3.8, 4) is 0 Å². The maximum Gasteiger partial charge on any atom is 0.0641 e. The predicted octanol–water partition coefficient (Wildman–Crippen LogP) is 2.61. The lowest BCUT2D eigenvalue weighted by molar-refractivity contribution is 0.343. The number of nitrogens with one attached hydrogen (secondary N) is 1. The Balaban J connectivity index is 1.76. The minimum atomic E-state index is 0.427. The van der Waals surface area contributed by atoms with Crippen LogP contribution in [0.25, 0.3) is 0 Å². The molecular weight excluding hydrogens is 198 g/mol. The summed E-state index contributed by atoms with van der Waals surface area (Å²) in [6.07, 6.45) is 9.56. The first-order valence-corrected chi connectivity index (χ1v) is 6.50. The van der Waals surface area contributed by atoms with Crippen molar-refractivity contribution in [1.82, 2.24) is 15.1 Å². The number of aromatic nitrogens is 2. The molecule has 0 spiro atoms. The number of hydrogen-bond acceptors (Lipinski definition) is 2. The monoisotopic (exact) mass is 221 g/mol. The minimum Gasteiger partial charge on any atom is -0.312 e. The Morgan fingerprint density at radius 1 is 1.38 bits per heavy atom. The van der Waals surface area contributed by atoms with E-state index in [1.54, 1.807) is 0 Å². The zero-order chi connectivity index (χ0) is 11.4. The second-order valence-electron chi connectivity index (χ2n) is 5.07. The van der Waals surface area contributed by atoms with Gasteiger partial charge in [-0.05, 0) is 45.2 Å². The largest absolute Gasteiger partial charge is 0.312 e. The maximum absolute atomic E-state index is 4.29. The molecule has 0 aromatic carbocycles. The van der Waals surface area contributed by atoms with E-state index in [0.29, 0.717) is 12.1 Å². The van der Waals surface area contributed by atoms with Crippen molar-refractivity contribution >= 4 is 0 Å². The fourth-order valence-corrected chi connectivity index (χ4v) is 2.49. The third kappa shape index (κ3) is 2.85. The van der Waals surface area contributed by atoms with E-state index >= 15 is 0 Å².